The van der Waals surface area contributed by atoms with Crippen LogP contribution in [0.5, 0.6) is 0 Å². The molecule has 1 aliphatic rings. The van der Waals surface area contributed by atoms with Crippen molar-refractivity contribution in [1.29, 1.82) is 0 Å². The Morgan fingerprint density at radius 2 is 1.94 bits per heavy atom. The number of pyridine rings is 1. The Bertz CT molecular complexity index is 1240. The van der Waals surface area contributed by atoms with Gasteiger partial charge in [0.25, 0.3) is 0 Å². The van der Waals surface area contributed by atoms with Crippen LogP contribution in [-0.2, 0) is 11.3 Å². The van der Waals surface area contributed by atoms with E-state index in [1.807, 2.05) is 15.5 Å². The van der Waals surface area contributed by atoms with Crippen LogP contribution in [0.2, 0.25) is 0 Å². The van der Waals surface area contributed by atoms with Crippen molar-refractivity contribution >= 4 is 29.1 Å². The Hall–Kier alpha value is -3.56. The van der Waals surface area contributed by atoms with Crippen molar-refractivity contribution in [3.63, 3.8) is 0 Å². The zero-order chi connectivity index (χ0) is 21.2. The van der Waals surface area contributed by atoms with Crippen LogP contribution in [0.4, 0.5) is 11.5 Å². The van der Waals surface area contributed by atoms with Gasteiger partial charge >= 0.3 is 0 Å². The van der Waals surface area contributed by atoms with Crippen molar-refractivity contribution < 1.29 is 9.53 Å². The molecular weight excluding hydrogens is 412 g/mol. The Morgan fingerprint density at radius 3 is 2.77 bits per heavy atom. The number of hydrogen-bond donors (Lipinski definition) is 0. The van der Waals surface area contributed by atoms with E-state index in [4.69, 9.17) is 4.74 Å². The van der Waals surface area contributed by atoms with Gasteiger partial charge in [0.05, 0.1) is 5.69 Å². The summed E-state index contributed by atoms with van der Waals surface area (Å²) < 4.78 is 7.26. The Morgan fingerprint density at radius 1 is 1.03 bits per heavy atom. The molecule has 8 nitrogen and oxygen atoms in total. The second kappa shape index (κ2) is 8.29. The number of benzene rings is 1. The lowest BCUT2D eigenvalue weighted by Gasteiger charge is -2.30. The molecule has 3 aromatic heterocycles. The smallest absolute Gasteiger partial charge is 0.246 e. The first-order valence-corrected chi connectivity index (χ1v) is 10.4. The maximum absolute atomic E-state index is 12.8. The molecular formula is C22H18N6O2S. The van der Waals surface area contributed by atoms with Crippen LogP contribution in [0.1, 0.15) is 21.9 Å². The summed E-state index contributed by atoms with van der Waals surface area (Å²) in [5.74, 6) is 0.924. The third-order valence-electron chi connectivity index (χ3n) is 4.85. The van der Waals surface area contributed by atoms with Gasteiger partial charge in [-0.15, -0.1) is 0 Å². The number of fused-ring (bicyclic) bond motifs is 2. The van der Waals surface area contributed by atoms with Crippen LogP contribution in [0.15, 0.2) is 77.3 Å². The quantitative estimate of drug-likeness (QED) is 0.429. The SMILES string of the molecule is COCN1c2cc(Cn3ccnc3C(=O)c3ccccn3)ccc2Sc2nccnc21. The van der Waals surface area contributed by atoms with Gasteiger partial charge in [-0.05, 0) is 29.8 Å². The minimum Gasteiger partial charge on any atom is -0.364 e. The number of ketones is 1. The maximum Gasteiger partial charge on any atom is 0.246 e. The molecule has 154 valence electrons. The van der Waals surface area contributed by atoms with E-state index in [0.717, 1.165) is 27.0 Å². The predicted octanol–water partition coefficient (Wildman–Crippen LogP) is 3.55. The number of carbonyl (C=O) groups excluding carboxylic acids is 1. The average Bonchev–Trinajstić information content (AvgIpc) is 3.27. The molecule has 5 rings (SSSR count). The third kappa shape index (κ3) is 3.69. The van der Waals surface area contributed by atoms with Gasteiger partial charge in [0.1, 0.15) is 17.5 Å². The topological polar surface area (TPSA) is 86.0 Å². The molecule has 0 aliphatic carbocycles. The second-order valence-electron chi connectivity index (χ2n) is 6.86. The minimum atomic E-state index is -0.204. The summed E-state index contributed by atoms with van der Waals surface area (Å²) in [5.41, 5.74) is 2.40. The molecule has 0 bridgehead atoms. The van der Waals surface area contributed by atoms with E-state index >= 15 is 0 Å². The van der Waals surface area contributed by atoms with Crippen molar-refractivity contribution in [2.24, 2.45) is 0 Å². The van der Waals surface area contributed by atoms with Gasteiger partial charge in [-0.25, -0.2) is 15.0 Å². The molecule has 0 radical (unpaired) electrons. The highest BCUT2D eigenvalue weighted by Gasteiger charge is 2.26. The summed E-state index contributed by atoms with van der Waals surface area (Å²) in [5, 5.41) is 0.845. The first-order valence-electron chi connectivity index (χ1n) is 9.59. The Labute approximate surface area is 183 Å². The standard InChI is InChI=1S/C22H18N6O2S/c1-30-14-28-17-12-15(5-6-18(17)31-22-21(28)24-8-9-26-22)13-27-11-10-25-20(27)19(29)16-4-2-3-7-23-16/h2-12H,13-14H2,1H3. The molecule has 0 spiro atoms. The molecule has 31 heavy (non-hydrogen) atoms. The summed E-state index contributed by atoms with van der Waals surface area (Å²) in [6, 6.07) is 11.5. The highest BCUT2D eigenvalue weighted by atomic mass is 32.2. The number of hydrogen-bond acceptors (Lipinski definition) is 8. The van der Waals surface area contributed by atoms with Gasteiger partial charge < -0.3 is 9.30 Å². The van der Waals surface area contributed by atoms with Gasteiger partial charge in [0.2, 0.25) is 5.78 Å². The van der Waals surface area contributed by atoms with Gasteiger partial charge in [0, 0.05) is 49.5 Å². The van der Waals surface area contributed by atoms with Crippen LogP contribution in [0.3, 0.4) is 0 Å². The predicted molar refractivity (Wildman–Crippen MR) is 116 cm³/mol. The van der Waals surface area contributed by atoms with Crippen LogP contribution >= 0.6 is 11.8 Å². The lowest BCUT2D eigenvalue weighted by Crippen LogP contribution is -2.24. The van der Waals surface area contributed by atoms with E-state index in [2.05, 4.69) is 32.1 Å². The van der Waals surface area contributed by atoms with E-state index in [9.17, 15) is 4.79 Å². The van der Waals surface area contributed by atoms with Crippen molar-refractivity contribution in [1.82, 2.24) is 24.5 Å². The number of anilines is 2. The summed E-state index contributed by atoms with van der Waals surface area (Å²) >= 11 is 1.58. The minimum absolute atomic E-state index is 0.204. The molecule has 0 saturated heterocycles. The number of nitrogens with zero attached hydrogens (tertiary/aromatic N) is 6. The first-order chi connectivity index (χ1) is 15.2. The van der Waals surface area contributed by atoms with Gasteiger partial charge in [-0.3, -0.25) is 14.7 Å². The molecule has 0 saturated carbocycles. The van der Waals surface area contributed by atoms with E-state index in [1.54, 1.807) is 68.1 Å². The highest BCUT2D eigenvalue weighted by Crippen LogP contribution is 2.46. The van der Waals surface area contributed by atoms with Gasteiger partial charge in [0.15, 0.2) is 11.6 Å². The summed E-state index contributed by atoms with van der Waals surface area (Å²) in [6.45, 7) is 0.858. The van der Waals surface area contributed by atoms with Crippen LogP contribution in [0, 0.1) is 0 Å². The molecule has 1 aliphatic heterocycles. The lowest BCUT2D eigenvalue weighted by atomic mass is 10.1. The molecule has 0 N–H and O–H groups in total. The third-order valence-corrected chi connectivity index (χ3v) is 5.90. The van der Waals surface area contributed by atoms with Crippen molar-refractivity contribution in [3.8, 4) is 0 Å². The number of ether oxygens (including phenoxy) is 1. The zero-order valence-corrected chi connectivity index (χ0v) is 17.5. The van der Waals surface area contributed by atoms with Gasteiger partial charge in [-0.1, -0.05) is 23.9 Å². The number of carbonyl (C=O) groups is 1. The number of rotatable bonds is 6. The molecule has 4 aromatic rings. The number of aromatic nitrogens is 5. The Balaban J connectivity index is 1.46. The van der Waals surface area contributed by atoms with Crippen molar-refractivity contribution in [2.75, 3.05) is 18.7 Å². The molecule has 0 atom stereocenters. The molecule has 0 amide bonds. The van der Waals surface area contributed by atoms with E-state index < -0.39 is 0 Å². The zero-order valence-electron chi connectivity index (χ0n) is 16.7. The molecule has 0 fully saturated rings. The van der Waals surface area contributed by atoms with E-state index in [-0.39, 0.29) is 5.78 Å². The fourth-order valence-electron chi connectivity index (χ4n) is 3.47. The monoisotopic (exact) mass is 430 g/mol. The summed E-state index contributed by atoms with van der Waals surface area (Å²) in [4.78, 5) is 33.3. The molecule has 1 aromatic carbocycles. The summed E-state index contributed by atoms with van der Waals surface area (Å²) in [7, 11) is 1.66. The van der Waals surface area contributed by atoms with Crippen LogP contribution in [-0.4, -0.2) is 44.1 Å². The summed E-state index contributed by atoms with van der Waals surface area (Å²) in [6.07, 6.45) is 8.41. The largest absolute Gasteiger partial charge is 0.364 e. The maximum atomic E-state index is 12.8. The highest BCUT2D eigenvalue weighted by molar-refractivity contribution is 7.99. The molecule has 0 unspecified atom stereocenters. The van der Waals surface area contributed by atoms with Crippen molar-refractivity contribution in [3.05, 3.63) is 84.5 Å². The molecule has 4 heterocycles. The fourth-order valence-corrected chi connectivity index (χ4v) is 4.45. The Kier molecular flexibility index (Phi) is 5.19. The first kappa shape index (κ1) is 19.4. The average molecular weight is 430 g/mol. The molecule has 9 heteroatoms. The van der Waals surface area contributed by atoms with Crippen LogP contribution < -0.4 is 4.90 Å². The van der Waals surface area contributed by atoms with E-state index in [1.165, 1.54) is 0 Å². The lowest BCUT2D eigenvalue weighted by molar-refractivity contribution is 0.102. The number of methoxy groups -OCH3 is 1. The number of imidazole rings is 1. The van der Waals surface area contributed by atoms with Crippen LogP contribution in [0.25, 0.3) is 0 Å². The fraction of sp³-hybridized carbons (Fsp3) is 0.136. The van der Waals surface area contributed by atoms with Gasteiger partial charge in [-0.2, -0.15) is 0 Å². The normalized spacial score (nSPS) is 12.4. The van der Waals surface area contributed by atoms with Crippen molar-refractivity contribution in [2.45, 2.75) is 16.5 Å². The van der Waals surface area contributed by atoms with E-state index in [0.29, 0.717) is 24.8 Å². The second-order valence-corrected chi connectivity index (χ2v) is 7.89.